The molecule has 114 valence electrons. The van der Waals surface area contributed by atoms with Gasteiger partial charge in [0.25, 0.3) is 0 Å². The average Bonchev–Trinajstić information content (AvgIpc) is 2.51. The van der Waals surface area contributed by atoms with E-state index >= 15 is 0 Å². The number of hydrogen-bond acceptors (Lipinski definition) is 4. The van der Waals surface area contributed by atoms with Crippen LogP contribution < -0.4 is 10.2 Å². The standard InChI is InChI=1S/C16H15ClN2O3/c1-22-15-9-14(20)7-4-12(15)10-18-19-16(21)8-11-2-5-13(17)6-3-11/h2-7,9-10,20H,8H2,1H3,(H,19,21). The third-order valence-corrected chi connectivity index (χ3v) is 3.14. The molecule has 0 fully saturated rings. The molecule has 2 aromatic carbocycles. The van der Waals surface area contributed by atoms with Gasteiger partial charge in [0, 0.05) is 16.7 Å². The number of hydrazone groups is 1. The van der Waals surface area contributed by atoms with Crippen LogP contribution in [0, 0.1) is 0 Å². The number of ether oxygens (including phenoxy) is 1. The van der Waals surface area contributed by atoms with Gasteiger partial charge in [0.05, 0.1) is 19.7 Å². The van der Waals surface area contributed by atoms with Crippen molar-refractivity contribution in [3.8, 4) is 11.5 Å². The van der Waals surface area contributed by atoms with Crippen LogP contribution in [0.5, 0.6) is 11.5 Å². The smallest absolute Gasteiger partial charge is 0.244 e. The number of amides is 1. The normalized spacial score (nSPS) is 10.6. The van der Waals surface area contributed by atoms with E-state index in [1.807, 2.05) is 0 Å². The fourth-order valence-electron chi connectivity index (χ4n) is 1.81. The predicted octanol–water partition coefficient (Wildman–Crippen LogP) is 2.75. The van der Waals surface area contributed by atoms with Crippen LogP contribution in [-0.2, 0) is 11.2 Å². The molecule has 0 radical (unpaired) electrons. The number of phenols is 1. The van der Waals surface area contributed by atoms with Crippen LogP contribution >= 0.6 is 11.6 Å². The molecule has 0 saturated carbocycles. The number of carbonyl (C=O) groups is 1. The van der Waals surface area contributed by atoms with E-state index in [0.29, 0.717) is 16.3 Å². The highest BCUT2D eigenvalue weighted by Gasteiger charge is 2.03. The van der Waals surface area contributed by atoms with Crippen molar-refractivity contribution >= 4 is 23.7 Å². The minimum atomic E-state index is -0.240. The summed E-state index contributed by atoms with van der Waals surface area (Å²) < 4.78 is 5.11. The van der Waals surface area contributed by atoms with Gasteiger partial charge < -0.3 is 9.84 Å². The fraction of sp³-hybridized carbons (Fsp3) is 0.125. The van der Waals surface area contributed by atoms with Gasteiger partial charge in [-0.05, 0) is 29.8 Å². The number of methoxy groups -OCH3 is 1. The van der Waals surface area contributed by atoms with E-state index in [2.05, 4.69) is 10.5 Å². The van der Waals surface area contributed by atoms with E-state index in [9.17, 15) is 9.90 Å². The topological polar surface area (TPSA) is 70.9 Å². The first-order valence-corrected chi connectivity index (χ1v) is 6.89. The molecule has 2 N–H and O–H groups in total. The lowest BCUT2D eigenvalue weighted by atomic mass is 10.1. The van der Waals surface area contributed by atoms with E-state index in [0.717, 1.165) is 5.56 Å². The minimum Gasteiger partial charge on any atom is -0.508 e. The second kappa shape index (κ2) is 7.47. The maximum atomic E-state index is 11.8. The van der Waals surface area contributed by atoms with Crippen molar-refractivity contribution in [2.24, 2.45) is 5.10 Å². The van der Waals surface area contributed by atoms with Gasteiger partial charge in [0.15, 0.2) is 0 Å². The zero-order chi connectivity index (χ0) is 15.9. The summed E-state index contributed by atoms with van der Waals surface area (Å²) in [5.74, 6) is 0.327. The molecule has 0 heterocycles. The molecule has 0 bridgehead atoms. The summed E-state index contributed by atoms with van der Waals surface area (Å²) in [6.07, 6.45) is 1.67. The van der Waals surface area contributed by atoms with E-state index in [1.165, 1.54) is 25.5 Å². The lowest BCUT2D eigenvalue weighted by molar-refractivity contribution is -0.120. The van der Waals surface area contributed by atoms with Crippen molar-refractivity contribution in [2.75, 3.05) is 7.11 Å². The maximum absolute atomic E-state index is 11.8. The second-order valence-electron chi connectivity index (χ2n) is 4.52. The molecule has 2 aromatic rings. The molecule has 0 atom stereocenters. The highest BCUT2D eigenvalue weighted by molar-refractivity contribution is 6.30. The number of phenolic OH excluding ortho intramolecular Hbond substituents is 1. The Hall–Kier alpha value is -2.53. The van der Waals surface area contributed by atoms with Gasteiger partial charge in [0.2, 0.25) is 5.91 Å². The zero-order valence-corrected chi connectivity index (χ0v) is 12.7. The summed E-state index contributed by atoms with van der Waals surface area (Å²) in [7, 11) is 1.49. The molecule has 0 aromatic heterocycles. The third-order valence-electron chi connectivity index (χ3n) is 2.89. The predicted molar refractivity (Wildman–Crippen MR) is 85.6 cm³/mol. The van der Waals surface area contributed by atoms with Crippen LogP contribution in [0.4, 0.5) is 0 Å². The summed E-state index contributed by atoms with van der Waals surface area (Å²) >= 11 is 5.79. The van der Waals surface area contributed by atoms with Crippen molar-refractivity contribution in [3.63, 3.8) is 0 Å². The molecular formula is C16H15ClN2O3. The number of nitrogens with one attached hydrogen (secondary N) is 1. The zero-order valence-electron chi connectivity index (χ0n) is 11.9. The molecule has 0 spiro atoms. The number of aromatic hydroxyl groups is 1. The van der Waals surface area contributed by atoms with Crippen molar-refractivity contribution in [2.45, 2.75) is 6.42 Å². The Morgan fingerprint density at radius 1 is 1.32 bits per heavy atom. The van der Waals surface area contributed by atoms with Gasteiger partial charge in [-0.2, -0.15) is 5.10 Å². The van der Waals surface area contributed by atoms with Gasteiger partial charge in [-0.1, -0.05) is 23.7 Å². The lowest BCUT2D eigenvalue weighted by Gasteiger charge is -2.05. The summed E-state index contributed by atoms with van der Waals surface area (Å²) in [4.78, 5) is 11.8. The SMILES string of the molecule is COc1cc(O)ccc1C=NNC(=O)Cc1ccc(Cl)cc1. The summed E-state index contributed by atoms with van der Waals surface area (Å²) in [5, 5.41) is 13.9. The van der Waals surface area contributed by atoms with Crippen LogP contribution in [0.25, 0.3) is 0 Å². The van der Waals surface area contributed by atoms with Crippen molar-refractivity contribution in [1.82, 2.24) is 5.43 Å². The van der Waals surface area contributed by atoms with E-state index in [-0.39, 0.29) is 18.1 Å². The number of carbonyl (C=O) groups excluding carboxylic acids is 1. The Labute approximate surface area is 133 Å². The van der Waals surface area contributed by atoms with Crippen LogP contribution in [0.3, 0.4) is 0 Å². The summed E-state index contributed by atoms with van der Waals surface area (Å²) in [6, 6.07) is 11.7. The highest BCUT2D eigenvalue weighted by atomic mass is 35.5. The molecule has 1 amide bonds. The minimum absolute atomic E-state index is 0.0979. The first-order chi connectivity index (χ1) is 10.6. The van der Waals surface area contributed by atoms with Crippen molar-refractivity contribution in [1.29, 1.82) is 0 Å². The van der Waals surface area contributed by atoms with Gasteiger partial charge in [0.1, 0.15) is 11.5 Å². The molecule has 0 aliphatic carbocycles. The van der Waals surface area contributed by atoms with Crippen LogP contribution in [0.2, 0.25) is 5.02 Å². The molecule has 0 unspecified atom stereocenters. The molecular weight excluding hydrogens is 304 g/mol. The van der Waals surface area contributed by atoms with Gasteiger partial charge >= 0.3 is 0 Å². The lowest BCUT2D eigenvalue weighted by Crippen LogP contribution is -2.19. The first-order valence-electron chi connectivity index (χ1n) is 6.52. The van der Waals surface area contributed by atoms with E-state index in [4.69, 9.17) is 16.3 Å². The number of hydrogen-bond donors (Lipinski definition) is 2. The Kier molecular flexibility index (Phi) is 5.38. The molecule has 0 aliphatic heterocycles. The van der Waals surface area contributed by atoms with E-state index < -0.39 is 0 Å². The number of rotatable bonds is 5. The van der Waals surface area contributed by atoms with Crippen LogP contribution in [0.1, 0.15) is 11.1 Å². The number of benzene rings is 2. The van der Waals surface area contributed by atoms with Crippen LogP contribution in [0.15, 0.2) is 47.6 Å². The Morgan fingerprint density at radius 2 is 2.05 bits per heavy atom. The highest BCUT2D eigenvalue weighted by Crippen LogP contribution is 2.22. The largest absolute Gasteiger partial charge is 0.508 e. The van der Waals surface area contributed by atoms with E-state index in [1.54, 1.807) is 30.3 Å². The Balaban J connectivity index is 1.94. The quantitative estimate of drug-likeness (QED) is 0.658. The molecule has 0 aliphatic rings. The summed E-state index contributed by atoms with van der Waals surface area (Å²) in [5.41, 5.74) is 3.93. The molecule has 2 rings (SSSR count). The van der Waals surface area contributed by atoms with Gasteiger partial charge in [-0.15, -0.1) is 0 Å². The molecule has 22 heavy (non-hydrogen) atoms. The second-order valence-corrected chi connectivity index (χ2v) is 4.96. The van der Waals surface area contributed by atoms with Gasteiger partial charge in [-0.25, -0.2) is 5.43 Å². The molecule has 0 saturated heterocycles. The first kappa shape index (κ1) is 15.9. The number of nitrogens with zero attached hydrogens (tertiary/aromatic N) is 1. The van der Waals surface area contributed by atoms with Crippen molar-refractivity contribution in [3.05, 3.63) is 58.6 Å². The maximum Gasteiger partial charge on any atom is 0.244 e. The molecule has 5 nitrogen and oxygen atoms in total. The summed E-state index contributed by atoms with van der Waals surface area (Å²) in [6.45, 7) is 0. The van der Waals surface area contributed by atoms with Crippen LogP contribution in [-0.4, -0.2) is 24.3 Å². The Bertz CT molecular complexity index is 684. The third kappa shape index (κ3) is 4.49. The molecule has 6 heteroatoms. The monoisotopic (exact) mass is 318 g/mol. The Morgan fingerprint density at radius 3 is 2.73 bits per heavy atom. The van der Waals surface area contributed by atoms with Gasteiger partial charge in [-0.3, -0.25) is 4.79 Å². The van der Waals surface area contributed by atoms with Crippen molar-refractivity contribution < 1.29 is 14.6 Å². The average molecular weight is 319 g/mol. The fourth-order valence-corrected chi connectivity index (χ4v) is 1.93. The number of halogens is 1.